The number of carbonyl (C=O) groups is 2. The van der Waals surface area contributed by atoms with E-state index in [1.807, 2.05) is 10.6 Å². The van der Waals surface area contributed by atoms with Crippen molar-refractivity contribution < 1.29 is 14.0 Å². The van der Waals surface area contributed by atoms with Gasteiger partial charge >= 0.3 is 0 Å². The minimum atomic E-state index is -0.570. The highest BCUT2D eigenvalue weighted by molar-refractivity contribution is 5.86. The molecule has 3 atom stereocenters. The molecule has 0 fully saturated rings. The van der Waals surface area contributed by atoms with Gasteiger partial charge in [-0.2, -0.15) is 0 Å². The molecule has 1 aliphatic rings. The number of aldehydes is 2. The number of halogens is 1. The summed E-state index contributed by atoms with van der Waals surface area (Å²) in [5.74, 6) is -0.842. The van der Waals surface area contributed by atoms with E-state index in [4.69, 9.17) is 11.5 Å². The molecule has 0 bridgehead atoms. The Morgan fingerprint density at radius 1 is 1.03 bits per heavy atom. The highest BCUT2D eigenvalue weighted by Crippen LogP contribution is 2.41. The molecular formula is C24H21FN6O2. The van der Waals surface area contributed by atoms with Crippen LogP contribution < -0.4 is 11.5 Å². The molecule has 0 spiro atoms. The summed E-state index contributed by atoms with van der Waals surface area (Å²) in [7, 11) is 0. The Bertz CT molecular complexity index is 1430. The van der Waals surface area contributed by atoms with Gasteiger partial charge in [0.05, 0.1) is 22.9 Å². The van der Waals surface area contributed by atoms with Gasteiger partial charge in [-0.05, 0) is 48.7 Å². The van der Waals surface area contributed by atoms with Crippen molar-refractivity contribution in [3.8, 4) is 0 Å². The number of nitrogens with two attached hydrogens (primary N) is 2. The standard InChI is InChI=1S/C24H21FN6O2/c25-19-7-13(8-20-15(19)3-4-22(26)30-20)1-2-14-9-21(18(11-33)17(14)10-32)31-6-5-16-23(27)28-12-29-24(16)31/h3-12,17-18,21H,1-2H2,(H2,26,30)(H2,27,28,29). The van der Waals surface area contributed by atoms with Crippen molar-refractivity contribution in [3.05, 3.63) is 65.9 Å². The van der Waals surface area contributed by atoms with E-state index >= 15 is 0 Å². The predicted molar refractivity (Wildman–Crippen MR) is 123 cm³/mol. The van der Waals surface area contributed by atoms with Gasteiger partial charge in [0, 0.05) is 17.5 Å². The van der Waals surface area contributed by atoms with E-state index in [2.05, 4.69) is 15.0 Å². The molecule has 0 radical (unpaired) electrons. The van der Waals surface area contributed by atoms with E-state index in [0.717, 1.165) is 23.7 Å². The van der Waals surface area contributed by atoms with Crippen LogP contribution in [0.3, 0.4) is 0 Å². The first-order valence-electron chi connectivity index (χ1n) is 10.5. The van der Waals surface area contributed by atoms with Crippen LogP contribution in [-0.4, -0.2) is 32.1 Å². The van der Waals surface area contributed by atoms with Gasteiger partial charge in [-0.1, -0.05) is 11.6 Å². The monoisotopic (exact) mass is 444 g/mol. The van der Waals surface area contributed by atoms with Crippen molar-refractivity contribution in [2.24, 2.45) is 11.8 Å². The first-order valence-corrected chi connectivity index (χ1v) is 10.5. The van der Waals surface area contributed by atoms with E-state index in [1.54, 1.807) is 30.5 Å². The second-order valence-electron chi connectivity index (χ2n) is 8.21. The number of nitrogens with zero attached hydrogens (tertiary/aromatic N) is 4. The van der Waals surface area contributed by atoms with Crippen LogP contribution in [-0.2, 0) is 16.0 Å². The van der Waals surface area contributed by atoms with Crippen LogP contribution in [0.4, 0.5) is 16.0 Å². The van der Waals surface area contributed by atoms with Gasteiger partial charge in [-0.15, -0.1) is 0 Å². The minimum absolute atomic E-state index is 0.318. The van der Waals surface area contributed by atoms with Gasteiger partial charge in [0.15, 0.2) is 0 Å². The number of pyridine rings is 1. The average Bonchev–Trinajstić information content (AvgIpc) is 3.38. The maximum absolute atomic E-state index is 14.5. The molecule has 0 saturated carbocycles. The summed E-state index contributed by atoms with van der Waals surface area (Å²) < 4.78 is 16.4. The second kappa shape index (κ2) is 8.09. The number of benzene rings is 1. The third-order valence-electron chi connectivity index (χ3n) is 6.33. The number of aromatic nitrogens is 4. The van der Waals surface area contributed by atoms with Crippen LogP contribution in [0.2, 0.25) is 0 Å². The lowest BCUT2D eigenvalue weighted by Crippen LogP contribution is -2.22. The molecule has 4 N–H and O–H groups in total. The minimum Gasteiger partial charge on any atom is -0.384 e. The third kappa shape index (κ3) is 3.51. The number of carbonyl (C=O) groups excluding carboxylic acids is 2. The second-order valence-corrected chi connectivity index (χ2v) is 8.21. The van der Waals surface area contributed by atoms with Gasteiger partial charge in [0.1, 0.15) is 42.0 Å². The van der Waals surface area contributed by atoms with E-state index in [0.29, 0.717) is 46.4 Å². The maximum atomic E-state index is 14.5. The lowest BCUT2D eigenvalue weighted by Gasteiger charge is -2.19. The van der Waals surface area contributed by atoms with Gasteiger partial charge in [-0.3, -0.25) is 0 Å². The summed E-state index contributed by atoms with van der Waals surface area (Å²) in [5.41, 5.74) is 14.3. The number of fused-ring (bicyclic) bond motifs is 2. The summed E-state index contributed by atoms with van der Waals surface area (Å²) in [6.45, 7) is 0. The molecule has 3 heterocycles. The van der Waals surface area contributed by atoms with Crippen molar-refractivity contribution in [1.82, 2.24) is 19.5 Å². The molecule has 9 heteroatoms. The van der Waals surface area contributed by atoms with Crippen molar-refractivity contribution in [1.29, 1.82) is 0 Å². The van der Waals surface area contributed by atoms with Crippen molar-refractivity contribution in [2.45, 2.75) is 18.9 Å². The highest BCUT2D eigenvalue weighted by atomic mass is 19.1. The first-order chi connectivity index (χ1) is 16.0. The number of aryl methyl sites for hydroxylation is 1. The average molecular weight is 444 g/mol. The molecule has 1 aromatic carbocycles. The lowest BCUT2D eigenvalue weighted by atomic mass is 9.89. The smallest absolute Gasteiger partial charge is 0.146 e. The molecule has 5 rings (SSSR count). The van der Waals surface area contributed by atoms with E-state index < -0.39 is 11.8 Å². The summed E-state index contributed by atoms with van der Waals surface area (Å²) in [6, 6.07) is 7.86. The zero-order valence-electron chi connectivity index (χ0n) is 17.6. The number of anilines is 2. The van der Waals surface area contributed by atoms with Crippen molar-refractivity contribution in [3.63, 3.8) is 0 Å². The van der Waals surface area contributed by atoms with Crippen LogP contribution in [0, 0.1) is 17.7 Å². The van der Waals surface area contributed by atoms with Crippen molar-refractivity contribution in [2.75, 3.05) is 11.5 Å². The summed E-state index contributed by atoms with van der Waals surface area (Å²) >= 11 is 0. The number of allylic oxidation sites excluding steroid dienone is 2. The fourth-order valence-electron chi connectivity index (χ4n) is 4.68. The lowest BCUT2D eigenvalue weighted by molar-refractivity contribution is -0.118. The van der Waals surface area contributed by atoms with Gasteiger partial charge in [0.2, 0.25) is 0 Å². The Labute approximate surface area is 188 Å². The molecule has 1 aliphatic carbocycles. The Morgan fingerprint density at radius 3 is 2.67 bits per heavy atom. The van der Waals surface area contributed by atoms with Crippen molar-refractivity contribution >= 4 is 46.1 Å². The molecule has 3 aromatic heterocycles. The maximum Gasteiger partial charge on any atom is 0.146 e. The summed E-state index contributed by atoms with van der Waals surface area (Å²) in [6.07, 6.45) is 7.70. The fraction of sp³-hybridized carbons (Fsp3) is 0.208. The Kier molecular flexibility index (Phi) is 5.08. The SMILES string of the molecule is Nc1ccc2c(F)cc(CCC3=CC(n4ccc5c(N)ncnc54)C(C=O)C3C=O)cc2n1. The number of rotatable bonds is 6. The normalized spacial score (nSPS) is 20.3. The summed E-state index contributed by atoms with van der Waals surface area (Å²) in [5, 5.41) is 1.09. The zero-order valence-corrected chi connectivity index (χ0v) is 17.6. The third-order valence-corrected chi connectivity index (χ3v) is 6.33. The topological polar surface area (TPSA) is 130 Å². The van der Waals surface area contributed by atoms with Crippen LogP contribution >= 0.6 is 0 Å². The molecule has 0 amide bonds. The first kappa shape index (κ1) is 20.7. The predicted octanol–water partition coefficient (Wildman–Crippen LogP) is 3.03. The Balaban J connectivity index is 1.47. The van der Waals surface area contributed by atoms with Crippen LogP contribution in [0.15, 0.2) is 54.5 Å². The van der Waals surface area contributed by atoms with Crippen LogP contribution in [0.5, 0.6) is 0 Å². The number of hydrogen-bond acceptors (Lipinski definition) is 7. The molecule has 0 saturated heterocycles. The quantitative estimate of drug-likeness (QED) is 0.345. The van der Waals surface area contributed by atoms with Gasteiger partial charge < -0.3 is 25.6 Å². The van der Waals surface area contributed by atoms with E-state index in [-0.39, 0.29) is 11.9 Å². The van der Waals surface area contributed by atoms with E-state index in [1.165, 1.54) is 12.4 Å². The Morgan fingerprint density at radius 2 is 1.88 bits per heavy atom. The molecule has 0 aliphatic heterocycles. The van der Waals surface area contributed by atoms with Crippen LogP contribution in [0.25, 0.3) is 21.9 Å². The number of nitrogen functional groups attached to an aromatic ring is 2. The van der Waals surface area contributed by atoms with Gasteiger partial charge in [0.25, 0.3) is 0 Å². The largest absolute Gasteiger partial charge is 0.384 e. The molecule has 8 nitrogen and oxygen atoms in total. The zero-order chi connectivity index (χ0) is 23.1. The van der Waals surface area contributed by atoms with E-state index in [9.17, 15) is 14.0 Å². The Hall–Kier alpha value is -4.14. The molecule has 33 heavy (non-hydrogen) atoms. The van der Waals surface area contributed by atoms with Crippen LogP contribution in [0.1, 0.15) is 18.0 Å². The molecule has 3 unspecified atom stereocenters. The summed E-state index contributed by atoms with van der Waals surface area (Å²) in [4.78, 5) is 36.5. The van der Waals surface area contributed by atoms with Gasteiger partial charge in [-0.25, -0.2) is 19.3 Å². The fourth-order valence-corrected chi connectivity index (χ4v) is 4.68. The number of hydrogen-bond donors (Lipinski definition) is 2. The molecular weight excluding hydrogens is 423 g/mol. The molecule has 166 valence electrons. The molecule has 4 aromatic rings. The highest BCUT2D eigenvalue weighted by Gasteiger charge is 2.38.